The highest BCUT2D eigenvalue weighted by Gasteiger charge is 2.25. The molecular formula is C27H31N3O3. The number of primary amides is 1. The largest absolute Gasteiger partial charge is 0.496 e. The summed E-state index contributed by atoms with van der Waals surface area (Å²) in [5.74, 6) is 0.494. The summed E-state index contributed by atoms with van der Waals surface area (Å²) in [5, 5.41) is 0. The summed E-state index contributed by atoms with van der Waals surface area (Å²) in [5.41, 5.74) is 13.5. The molecule has 6 nitrogen and oxygen atoms in total. The van der Waals surface area contributed by atoms with Gasteiger partial charge in [-0.2, -0.15) is 0 Å². The first-order chi connectivity index (χ1) is 15.9. The Hall–Kier alpha value is -3.22. The van der Waals surface area contributed by atoms with Gasteiger partial charge in [0.05, 0.1) is 25.1 Å². The number of aryl methyl sites for hydroxylation is 1. The highest BCUT2D eigenvalue weighted by Crippen LogP contribution is 2.30. The number of benzene rings is 2. The Labute approximate surface area is 195 Å². The lowest BCUT2D eigenvalue weighted by atomic mass is 9.96. The summed E-state index contributed by atoms with van der Waals surface area (Å²) < 4.78 is 11.6. The Bertz CT molecular complexity index is 1180. The number of nitrogens with two attached hydrogens (primary N) is 1. The van der Waals surface area contributed by atoms with Gasteiger partial charge in [-0.25, -0.2) is 0 Å². The fraction of sp³-hybridized carbons (Fsp3) is 0.333. The van der Waals surface area contributed by atoms with E-state index in [1.54, 1.807) is 19.2 Å². The van der Waals surface area contributed by atoms with E-state index in [4.69, 9.17) is 20.2 Å². The first-order valence-electron chi connectivity index (χ1n) is 11.2. The minimum absolute atomic E-state index is 0.113. The van der Waals surface area contributed by atoms with Crippen LogP contribution < -0.4 is 10.5 Å². The molecule has 4 rings (SSSR count). The number of methoxy groups -OCH3 is 1. The molecule has 2 aromatic carbocycles. The number of carbonyl (C=O) groups excluding carboxylic acids is 1. The molecule has 1 aliphatic heterocycles. The molecule has 1 atom stereocenters. The second-order valence-corrected chi connectivity index (χ2v) is 8.61. The van der Waals surface area contributed by atoms with E-state index >= 15 is 0 Å². The maximum atomic E-state index is 11.6. The third-order valence-corrected chi connectivity index (χ3v) is 6.50. The molecule has 2 heterocycles. The van der Waals surface area contributed by atoms with E-state index in [-0.39, 0.29) is 6.10 Å². The SMILES string of the molecule is COc1cc(C)c(CN2CCO[C@@H](c3cccc(-c4cccc(C(N)=O)c4)n3)C2)c(C)c1C. The topological polar surface area (TPSA) is 77.7 Å². The molecule has 0 unspecified atom stereocenters. The highest BCUT2D eigenvalue weighted by molar-refractivity contribution is 5.94. The van der Waals surface area contributed by atoms with Gasteiger partial charge in [0.15, 0.2) is 0 Å². The Morgan fingerprint density at radius 2 is 1.94 bits per heavy atom. The number of amides is 1. The molecule has 0 spiro atoms. The standard InChI is InChI=1S/C27H31N3O3/c1-17-13-25(32-4)19(3)18(2)22(17)15-30-11-12-33-26(16-30)24-10-6-9-23(29-24)20-7-5-8-21(14-20)27(28)31/h5-10,13-14,26H,11-12,15-16H2,1-4H3,(H2,28,31)/t26-/m1/s1. The summed E-state index contributed by atoms with van der Waals surface area (Å²) in [6.07, 6.45) is -0.113. The minimum atomic E-state index is -0.446. The minimum Gasteiger partial charge on any atom is -0.496 e. The molecule has 1 fully saturated rings. The number of aromatic nitrogens is 1. The summed E-state index contributed by atoms with van der Waals surface area (Å²) in [6, 6.07) is 15.3. The maximum absolute atomic E-state index is 11.6. The van der Waals surface area contributed by atoms with Crippen LogP contribution in [0.25, 0.3) is 11.3 Å². The van der Waals surface area contributed by atoms with Crippen LogP contribution in [-0.4, -0.2) is 42.6 Å². The van der Waals surface area contributed by atoms with Crippen molar-refractivity contribution in [1.82, 2.24) is 9.88 Å². The van der Waals surface area contributed by atoms with Gasteiger partial charge in [-0.3, -0.25) is 14.7 Å². The molecule has 1 amide bonds. The molecule has 1 aliphatic rings. The van der Waals surface area contributed by atoms with E-state index in [9.17, 15) is 4.79 Å². The van der Waals surface area contributed by atoms with E-state index in [0.29, 0.717) is 12.2 Å². The van der Waals surface area contributed by atoms with Crippen LogP contribution in [0.2, 0.25) is 0 Å². The Morgan fingerprint density at radius 1 is 1.15 bits per heavy atom. The zero-order valence-corrected chi connectivity index (χ0v) is 19.7. The Balaban J connectivity index is 1.54. The lowest BCUT2D eigenvalue weighted by Crippen LogP contribution is -2.38. The number of pyridine rings is 1. The number of carbonyl (C=O) groups is 1. The van der Waals surface area contributed by atoms with Crippen LogP contribution in [0.4, 0.5) is 0 Å². The van der Waals surface area contributed by atoms with Gasteiger partial charge < -0.3 is 15.2 Å². The average molecular weight is 446 g/mol. The van der Waals surface area contributed by atoms with Crippen LogP contribution in [0.3, 0.4) is 0 Å². The van der Waals surface area contributed by atoms with E-state index in [1.807, 2.05) is 30.3 Å². The van der Waals surface area contributed by atoms with E-state index in [0.717, 1.165) is 42.3 Å². The fourth-order valence-electron chi connectivity index (χ4n) is 4.43. The van der Waals surface area contributed by atoms with Gasteiger partial charge in [-0.05, 0) is 73.4 Å². The molecule has 2 N–H and O–H groups in total. The molecule has 33 heavy (non-hydrogen) atoms. The van der Waals surface area contributed by atoms with Gasteiger partial charge in [0, 0.05) is 30.8 Å². The molecule has 0 bridgehead atoms. The molecule has 172 valence electrons. The second kappa shape index (κ2) is 9.73. The lowest BCUT2D eigenvalue weighted by molar-refractivity contribution is -0.0350. The smallest absolute Gasteiger partial charge is 0.248 e. The van der Waals surface area contributed by atoms with Crippen LogP contribution in [-0.2, 0) is 11.3 Å². The second-order valence-electron chi connectivity index (χ2n) is 8.61. The zero-order chi connectivity index (χ0) is 23.5. The van der Waals surface area contributed by atoms with Crippen molar-refractivity contribution in [2.75, 3.05) is 26.8 Å². The number of ether oxygens (including phenoxy) is 2. The summed E-state index contributed by atoms with van der Waals surface area (Å²) in [7, 11) is 1.72. The van der Waals surface area contributed by atoms with Gasteiger partial charge in [-0.1, -0.05) is 18.2 Å². The van der Waals surface area contributed by atoms with Crippen molar-refractivity contribution in [1.29, 1.82) is 0 Å². The van der Waals surface area contributed by atoms with Crippen LogP contribution in [0.5, 0.6) is 5.75 Å². The Kier molecular flexibility index (Phi) is 6.77. The van der Waals surface area contributed by atoms with Crippen LogP contribution in [0, 0.1) is 20.8 Å². The third-order valence-electron chi connectivity index (χ3n) is 6.50. The van der Waals surface area contributed by atoms with E-state index in [1.165, 1.54) is 22.3 Å². The van der Waals surface area contributed by atoms with Gasteiger partial charge in [0.2, 0.25) is 5.91 Å². The number of nitrogens with zero attached hydrogens (tertiary/aromatic N) is 2. The number of morpholine rings is 1. The van der Waals surface area contributed by atoms with Crippen LogP contribution in [0.1, 0.15) is 44.4 Å². The van der Waals surface area contributed by atoms with Crippen molar-refractivity contribution in [3.8, 4) is 17.0 Å². The van der Waals surface area contributed by atoms with Gasteiger partial charge >= 0.3 is 0 Å². The van der Waals surface area contributed by atoms with Gasteiger partial charge in [0.25, 0.3) is 0 Å². The van der Waals surface area contributed by atoms with Gasteiger partial charge in [0.1, 0.15) is 11.9 Å². The highest BCUT2D eigenvalue weighted by atomic mass is 16.5. The van der Waals surface area contributed by atoms with Crippen molar-refractivity contribution >= 4 is 5.91 Å². The molecule has 0 aliphatic carbocycles. The van der Waals surface area contributed by atoms with Crippen LogP contribution >= 0.6 is 0 Å². The summed E-state index contributed by atoms with van der Waals surface area (Å²) in [6.45, 7) is 9.59. The van der Waals surface area contributed by atoms with Gasteiger partial charge in [-0.15, -0.1) is 0 Å². The summed E-state index contributed by atoms with van der Waals surface area (Å²) >= 11 is 0. The first-order valence-corrected chi connectivity index (χ1v) is 11.2. The lowest BCUT2D eigenvalue weighted by Gasteiger charge is -2.33. The van der Waals surface area contributed by atoms with Crippen molar-refractivity contribution < 1.29 is 14.3 Å². The van der Waals surface area contributed by atoms with Crippen molar-refractivity contribution in [3.63, 3.8) is 0 Å². The Morgan fingerprint density at radius 3 is 2.70 bits per heavy atom. The molecule has 3 aromatic rings. The normalized spacial score (nSPS) is 16.5. The first kappa shape index (κ1) is 23.0. The zero-order valence-electron chi connectivity index (χ0n) is 19.7. The average Bonchev–Trinajstić information content (AvgIpc) is 2.84. The van der Waals surface area contributed by atoms with Crippen molar-refractivity contribution in [2.45, 2.75) is 33.4 Å². The monoisotopic (exact) mass is 445 g/mol. The quantitative estimate of drug-likeness (QED) is 0.610. The van der Waals surface area contributed by atoms with E-state index in [2.05, 4.69) is 31.7 Å². The van der Waals surface area contributed by atoms with Crippen molar-refractivity contribution in [3.05, 3.63) is 82.0 Å². The molecule has 0 radical (unpaired) electrons. The fourth-order valence-corrected chi connectivity index (χ4v) is 4.43. The molecular weight excluding hydrogens is 414 g/mol. The maximum Gasteiger partial charge on any atom is 0.248 e. The van der Waals surface area contributed by atoms with E-state index < -0.39 is 5.91 Å². The van der Waals surface area contributed by atoms with Crippen molar-refractivity contribution in [2.24, 2.45) is 5.73 Å². The molecule has 6 heteroatoms. The number of rotatable bonds is 6. The predicted molar refractivity (Wildman–Crippen MR) is 129 cm³/mol. The summed E-state index contributed by atoms with van der Waals surface area (Å²) in [4.78, 5) is 18.8. The molecule has 1 saturated heterocycles. The third kappa shape index (κ3) is 4.92. The molecule has 0 saturated carbocycles. The van der Waals surface area contributed by atoms with Crippen LogP contribution in [0.15, 0.2) is 48.5 Å². The predicted octanol–water partition coefficient (Wildman–Crippen LogP) is 4.35. The number of hydrogen-bond donors (Lipinski definition) is 1. The number of hydrogen-bond acceptors (Lipinski definition) is 5. The molecule has 1 aromatic heterocycles.